The molecule has 0 aliphatic carbocycles. The first-order valence-electron chi connectivity index (χ1n) is 14.8. The molecule has 4 saturated heterocycles. The van der Waals surface area contributed by atoms with Crippen molar-refractivity contribution in [3.8, 4) is 35.3 Å². The lowest BCUT2D eigenvalue weighted by Gasteiger charge is -2.34. The van der Waals surface area contributed by atoms with Crippen LogP contribution in [0, 0.1) is 18.2 Å². The van der Waals surface area contributed by atoms with Crippen LogP contribution in [0.25, 0.3) is 33.1 Å². The van der Waals surface area contributed by atoms with Gasteiger partial charge in [-0.2, -0.15) is 4.98 Å². The molecule has 6 heterocycles. The first-order valence-corrected chi connectivity index (χ1v) is 14.8. The molecule has 4 aliphatic heterocycles. The van der Waals surface area contributed by atoms with Gasteiger partial charge in [-0.1, -0.05) is 18.1 Å². The van der Waals surface area contributed by atoms with Gasteiger partial charge in [-0.05, 0) is 55.8 Å². The van der Waals surface area contributed by atoms with Gasteiger partial charge < -0.3 is 24.5 Å². The predicted octanol–water partition coefficient (Wildman–Crippen LogP) is 5.37. The van der Waals surface area contributed by atoms with Gasteiger partial charge in [0.2, 0.25) is 5.88 Å². The Hall–Kier alpha value is -3.87. The number of anilines is 1. The Bertz CT molecular complexity index is 1750. The molecule has 4 atom stereocenters. The number of rotatable bonds is 5. The minimum absolute atomic E-state index is 0.0106. The van der Waals surface area contributed by atoms with E-state index in [9.17, 15) is 9.50 Å². The zero-order chi connectivity index (χ0) is 28.6. The van der Waals surface area contributed by atoms with Gasteiger partial charge in [0.1, 0.15) is 18.5 Å². The van der Waals surface area contributed by atoms with Crippen LogP contribution in [0.1, 0.15) is 37.7 Å². The van der Waals surface area contributed by atoms with Gasteiger partial charge in [0, 0.05) is 60.7 Å². The number of phenolic OH excluding ortho intramolecular Hbond substituents is 1. The summed E-state index contributed by atoms with van der Waals surface area (Å²) < 4.78 is 43.6. The summed E-state index contributed by atoms with van der Waals surface area (Å²) in [6.45, 7) is 3.03. The molecule has 2 N–H and O–H groups in total. The Balaban J connectivity index is 1.26. The van der Waals surface area contributed by atoms with Gasteiger partial charge in [-0.15, -0.1) is 6.42 Å². The van der Waals surface area contributed by atoms with Crippen molar-refractivity contribution in [1.29, 1.82) is 0 Å². The fraction of sp³-hybridized carbons (Fsp3) is 0.424. The van der Waals surface area contributed by atoms with E-state index in [1.54, 1.807) is 24.3 Å². The lowest BCUT2D eigenvalue weighted by atomic mass is 9.95. The molecule has 0 amide bonds. The number of fused-ring (bicyclic) bond motifs is 5. The number of aromatic nitrogens is 1. The highest BCUT2D eigenvalue weighted by Crippen LogP contribution is 2.44. The van der Waals surface area contributed by atoms with Crippen LogP contribution in [0.15, 0.2) is 40.8 Å². The molecule has 9 heteroatoms. The van der Waals surface area contributed by atoms with Gasteiger partial charge in [0.25, 0.3) is 0 Å². The van der Waals surface area contributed by atoms with Gasteiger partial charge in [0.05, 0.1) is 10.9 Å². The number of nitrogens with one attached hydrogen (secondary N) is 1. The second-order valence-electron chi connectivity index (χ2n) is 12.4. The first-order chi connectivity index (χ1) is 20.4. The van der Waals surface area contributed by atoms with Gasteiger partial charge >= 0.3 is 0 Å². The van der Waals surface area contributed by atoms with Crippen molar-refractivity contribution in [3.05, 3.63) is 47.8 Å². The molecule has 4 fully saturated rings. The van der Waals surface area contributed by atoms with Crippen molar-refractivity contribution in [2.45, 2.75) is 55.9 Å². The third-order valence-electron chi connectivity index (χ3n) is 9.70. The maximum absolute atomic E-state index is 16.5. The Morgan fingerprint density at radius 3 is 2.83 bits per heavy atom. The smallest absolute Gasteiger partial charge is 0.216 e. The molecule has 7 nitrogen and oxygen atoms in total. The van der Waals surface area contributed by atoms with E-state index in [1.807, 2.05) is 6.07 Å². The highest BCUT2D eigenvalue weighted by Gasteiger charge is 2.49. The van der Waals surface area contributed by atoms with Crippen LogP contribution in [0.2, 0.25) is 0 Å². The van der Waals surface area contributed by atoms with E-state index in [0.717, 1.165) is 45.3 Å². The van der Waals surface area contributed by atoms with Gasteiger partial charge in [-0.3, -0.25) is 4.90 Å². The number of halogens is 2. The second-order valence-corrected chi connectivity index (χ2v) is 12.4. The maximum atomic E-state index is 16.5. The third-order valence-corrected chi connectivity index (χ3v) is 9.70. The molecular weight excluding hydrogens is 538 g/mol. The second kappa shape index (κ2) is 9.58. The van der Waals surface area contributed by atoms with Crippen molar-refractivity contribution in [2.75, 3.05) is 37.7 Å². The number of pyridine rings is 1. The molecule has 4 aromatic rings. The number of ether oxygens (including phenoxy) is 1. The largest absolute Gasteiger partial charge is 0.508 e. The molecule has 0 radical (unpaired) electrons. The van der Waals surface area contributed by atoms with E-state index in [0.29, 0.717) is 70.8 Å². The average molecular weight is 571 g/mol. The lowest BCUT2D eigenvalue weighted by molar-refractivity contribution is 0.111. The first kappa shape index (κ1) is 25.8. The summed E-state index contributed by atoms with van der Waals surface area (Å²) in [6.07, 6.45) is 9.42. The van der Waals surface area contributed by atoms with Crippen molar-refractivity contribution in [3.63, 3.8) is 0 Å². The van der Waals surface area contributed by atoms with E-state index in [4.69, 9.17) is 20.6 Å². The number of nitrogens with zero attached hydrogens (tertiary/aromatic N) is 3. The van der Waals surface area contributed by atoms with Gasteiger partial charge in [-0.25, -0.2) is 8.78 Å². The van der Waals surface area contributed by atoms with Crippen molar-refractivity contribution in [1.82, 2.24) is 15.2 Å². The van der Waals surface area contributed by atoms with E-state index in [-0.39, 0.29) is 22.4 Å². The van der Waals surface area contributed by atoms with Crippen LogP contribution in [0.5, 0.6) is 11.6 Å². The van der Waals surface area contributed by atoms with E-state index >= 15 is 4.39 Å². The standard InChI is InChI=1S/C33H32F2N4O3/c1-2-19-5-3-6-20-11-24(40)12-25(28(19)20)30-29(35)26-13-27(41-18-33-9-4-10-39(33)15-21(34)14-33)37-32(31(26)42-30)38-16-22-7-8-23(17-38)36-22/h1,3,5-6,11-13,21-23,36,40H,4,7-10,14-18H2/t21?,22?,23?,33-/m0/s1. The number of benzene rings is 2. The molecule has 42 heavy (non-hydrogen) atoms. The maximum Gasteiger partial charge on any atom is 0.216 e. The highest BCUT2D eigenvalue weighted by molar-refractivity contribution is 6.03. The summed E-state index contributed by atoms with van der Waals surface area (Å²) in [7, 11) is 0. The third kappa shape index (κ3) is 4.03. The molecule has 8 rings (SSSR count). The highest BCUT2D eigenvalue weighted by atomic mass is 19.1. The van der Waals surface area contributed by atoms with Crippen molar-refractivity contribution < 1.29 is 23.0 Å². The normalized spacial score (nSPS) is 27.2. The van der Waals surface area contributed by atoms with Crippen LogP contribution in [0.4, 0.5) is 14.6 Å². The van der Waals surface area contributed by atoms with Crippen LogP contribution in [-0.2, 0) is 0 Å². The molecule has 0 spiro atoms. The summed E-state index contributed by atoms with van der Waals surface area (Å²) in [5, 5.41) is 15.7. The monoisotopic (exact) mass is 570 g/mol. The summed E-state index contributed by atoms with van der Waals surface area (Å²) in [6, 6.07) is 10.7. The Morgan fingerprint density at radius 1 is 1.19 bits per heavy atom. The number of phenols is 1. The van der Waals surface area contributed by atoms with E-state index < -0.39 is 12.0 Å². The number of furan rings is 1. The number of terminal acetylenes is 1. The SMILES string of the molecule is C#Cc1cccc2cc(O)cc(-c3oc4c(N5CC6CCC(C5)N6)nc(OC[C@@]56CCCN5CC(F)C6)cc4c3F)c12. The molecule has 2 aromatic heterocycles. The van der Waals surface area contributed by atoms with E-state index in [2.05, 4.69) is 21.0 Å². The Kier molecular flexibility index (Phi) is 5.89. The summed E-state index contributed by atoms with van der Waals surface area (Å²) in [5.41, 5.74) is 0.931. The van der Waals surface area contributed by atoms with Crippen LogP contribution in [-0.4, -0.2) is 71.6 Å². The minimum atomic E-state index is -0.866. The molecule has 0 saturated carbocycles. The van der Waals surface area contributed by atoms with Crippen LogP contribution >= 0.6 is 0 Å². The fourth-order valence-electron chi connectivity index (χ4n) is 7.83. The molecule has 2 bridgehead atoms. The zero-order valence-corrected chi connectivity index (χ0v) is 23.2. The average Bonchev–Trinajstić information content (AvgIpc) is 3.71. The fourth-order valence-corrected chi connectivity index (χ4v) is 7.83. The van der Waals surface area contributed by atoms with Crippen molar-refractivity contribution >= 4 is 27.6 Å². The number of piperazine rings is 1. The van der Waals surface area contributed by atoms with Crippen molar-refractivity contribution in [2.24, 2.45) is 0 Å². The number of hydrogen-bond donors (Lipinski definition) is 2. The van der Waals surface area contributed by atoms with E-state index in [1.165, 1.54) is 6.07 Å². The van der Waals surface area contributed by atoms with Crippen LogP contribution < -0.4 is 15.0 Å². The topological polar surface area (TPSA) is 74.0 Å². The number of alkyl halides is 1. The zero-order valence-electron chi connectivity index (χ0n) is 23.2. The minimum Gasteiger partial charge on any atom is -0.508 e. The molecule has 3 unspecified atom stereocenters. The van der Waals surface area contributed by atoms with Crippen LogP contribution in [0.3, 0.4) is 0 Å². The predicted molar refractivity (Wildman–Crippen MR) is 157 cm³/mol. The molecule has 2 aromatic carbocycles. The Morgan fingerprint density at radius 2 is 2.02 bits per heavy atom. The summed E-state index contributed by atoms with van der Waals surface area (Å²) in [4.78, 5) is 9.24. The quantitative estimate of drug-likeness (QED) is 0.313. The Labute approximate surface area is 242 Å². The summed E-state index contributed by atoms with van der Waals surface area (Å²) >= 11 is 0. The van der Waals surface area contributed by atoms with Gasteiger partial charge in [0.15, 0.2) is 23.0 Å². The number of aromatic hydroxyl groups is 1. The number of hydrogen-bond acceptors (Lipinski definition) is 7. The molecular formula is C33H32F2N4O3. The summed E-state index contributed by atoms with van der Waals surface area (Å²) in [5.74, 6) is 2.91. The molecule has 4 aliphatic rings. The molecule has 216 valence electrons. The lowest BCUT2D eigenvalue weighted by Crippen LogP contribution is -2.51.